The maximum absolute atomic E-state index is 12.5. The summed E-state index contributed by atoms with van der Waals surface area (Å²) in [4.78, 5) is 37.1. The average molecular weight is 285 g/mol. The molecule has 0 aliphatic carbocycles. The van der Waals surface area contributed by atoms with Crippen LogP contribution in [-0.2, 0) is 14.3 Å². The number of carboxylic acids is 1. The average Bonchev–Trinajstić information content (AvgIpc) is 3.13. The van der Waals surface area contributed by atoms with Gasteiger partial charge in [0.15, 0.2) is 0 Å². The summed E-state index contributed by atoms with van der Waals surface area (Å²) in [6, 6.07) is 5.86. The third-order valence-electron chi connectivity index (χ3n) is 4.26. The zero-order valence-electron chi connectivity index (χ0n) is 10.8. The Labute approximate surface area is 119 Å². The summed E-state index contributed by atoms with van der Waals surface area (Å²) < 4.78 is 5.55. The van der Waals surface area contributed by atoms with Crippen molar-refractivity contribution in [3.8, 4) is 0 Å². The Kier molecular flexibility index (Phi) is 2.35. The Balaban J connectivity index is 1.74. The summed E-state index contributed by atoms with van der Waals surface area (Å²) in [6.07, 6.45) is 2.94. The van der Waals surface area contributed by atoms with E-state index in [1.54, 1.807) is 6.07 Å². The Bertz CT molecular complexity index is 680. The van der Waals surface area contributed by atoms with E-state index < -0.39 is 17.8 Å². The summed E-state index contributed by atoms with van der Waals surface area (Å²) in [5.74, 6) is -2.70. The third kappa shape index (κ3) is 1.53. The number of carboxylic acid groups (broad SMARTS) is 1. The number of amides is 2. The monoisotopic (exact) mass is 285 g/mol. The van der Waals surface area contributed by atoms with Gasteiger partial charge in [0.25, 0.3) is 0 Å². The molecule has 2 fully saturated rings. The first kappa shape index (κ1) is 12.3. The van der Waals surface area contributed by atoms with Crippen molar-refractivity contribution in [1.29, 1.82) is 0 Å². The van der Waals surface area contributed by atoms with E-state index in [0.29, 0.717) is 5.69 Å². The number of hydrogen-bond acceptors (Lipinski definition) is 4. The number of rotatable bonds is 2. The molecule has 2 bridgehead atoms. The highest BCUT2D eigenvalue weighted by molar-refractivity contribution is 6.23. The number of anilines is 1. The molecule has 2 saturated heterocycles. The molecule has 2 amide bonds. The van der Waals surface area contributed by atoms with Crippen molar-refractivity contribution in [2.75, 3.05) is 4.90 Å². The second-order valence-electron chi connectivity index (χ2n) is 5.37. The number of ether oxygens (including phenoxy) is 1. The molecule has 6 nitrogen and oxygen atoms in total. The fraction of sp³-hybridized carbons (Fsp3) is 0.267. The standard InChI is InChI=1S/C15H11NO5/c17-13-11-9-4-5-10(21-9)12(11)14(18)16(13)8-3-1-2-7(6-8)15(19)20/h1-6,9-12H,(H,19,20)/t9-,10-,11-,12-/m0/s1. The predicted molar refractivity (Wildman–Crippen MR) is 70.7 cm³/mol. The van der Waals surface area contributed by atoms with Crippen LogP contribution in [-0.4, -0.2) is 35.1 Å². The van der Waals surface area contributed by atoms with Crippen molar-refractivity contribution in [2.24, 2.45) is 11.8 Å². The highest BCUT2D eigenvalue weighted by Crippen LogP contribution is 2.46. The predicted octanol–water partition coefficient (Wildman–Crippen LogP) is 0.828. The van der Waals surface area contributed by atoms with Crippen LogP contribution in [0.25, 0.3) is 0 Å². The van der Waals surface area contributed by atoms with Gasteiger partial charge in [0.1, 0.15) is 0 Å². The lowest BCUT2D eigenvalue weighted by Gasteiger charge is -2.17. The molecule has 6 heteroatoms. The molecule has 106 valence electrons. The fourth-order valence-corrected chi connectivity index (χ4v) is 3.34. The van der Waals surface area contributed by atoms with Crippen molar-refractivity contribution in [3.63, 3.8) is 0 Å². The minimum absolute atomic E-state index is 0.0440. The lowest BCUT2D eigenvalue weighted by molar-refractivity contribution is -0.124. The molecule has 0 aromatic heterocycles. The molecule has 0 unspecified atom stereocenters. The van der Waals surface area contributed by atoms with Crippen molar-refractivity contribution in [3.05, 3.63) is 42.0 Å². The van der Waals surface area contributed by atoms with Crippen LogP contribution in [0.5, 0.6) is 0 Å². The molecule has 0 saturated carbocycles. The Morgan fingerprint density at radius 3 is 2.29 bits per heavy atom. The lowest BCUT2D eigenvalue weighted by Crippen LogP contribution is -2.34. The van der Waals surface area contributed by atoms with Crippen molar-refractivity contribution in [1.82, 2.24) is 0 Å². The van der Waals surface area contributed by atoms with E-state index in [4.69, 9.17) is 9.84 Å². The number of imide groups is 1. The molecule has 21 heavy (non-hydrogen) atoms. The van der Waals surface area contributed by atoms with E-state index in [1.807, 2.05) is 12.2 Å². The number of carbonyl (C=O) groups excluding carboxylic acids is 2. The van der Waals surface area contributed by atoms with E-state index >= 15 is 0 Å². The number of nitrogens with zero attached hydrogens (tertiary/aromatic N) is 1. The first-order valence-corrected chi connectivity index (χ1v) is 6.63. The van der Waals surface area contributed by atoms with Gasteiger partial charge in [0.05, 0.1) is 35.3 Å². The maximum atomic E-state index is 12.5. The molecule has 1 aromatic carbocycles. The Morgan fingerprint density at radius 1 is 1.10 bits per heavy atom. The van der Waals surface area contributed by atoms with Gasteiger partial charge in [-0.1, -0.05) is 18.2 Å². The summed E-state index contributed by atoms with van der Waals surface area (Å²) in [5, 5.41) is 9.02. The van der Waals surface area contributed by atoms with Gasteiger partial charge < -0.3 is 9.84 Å². The van der Waals surface area contributed by atoms with E-state index in [1.165, 1.54) is 18.2 Å². The van der Waals surface area contributed by atoms with Gasteiger partial charge in [-0.3, -0.25) is 9.59 Å². The fourth-order valence-electron chi connectivity index (χ4n) is 3.34. The number of benzene rings is 1. The Hall–Kier alpha value is -2.47. The quantitative estimate of drug-likeness (QED) is 0.642. The molecule has 3 heterocycles. The molecule has 3 aliphatic rings. The van der Waals surface area contributed by atoms with Crippen LogP contribution in [0.2, 0.25) is 0 Å². The molecular weight excluding hydrogens is 274 g/mol. The molecule has 4 atom stereocenters. The number of carbonyl (C=O) groups is 3. The molecule has 4 rings (SSSR count). The van der Waals surface area contributed by atoms with Crippen molar-refractivity contribution < 1.29 is 24.2 Å². The summed E-state index contributed by atoms with van der Waals surface area (Å²) in [6.45, 7) is 0. The SMILES string of the molecule is O=C(O)c1cccc(N2C(=O)[C@@H]3[C@@H](C2=O)[C@@H]2C=C[C@@H]3O2)c1. The smallest absolute Gasteiger partial charge is 0.335 e. The molecular formula is C15H11NO5. The summed E-state index contributed by atoms with van der Waals surface area (Å²) in [5.41, 5.74) is 0.348. The van der Waals surface area contributed by atoms with Gasteiger partial charge in [0.2, 0.25) is 11.8 Å². The first-order valence-electron chi connectivity index (χ1n) is 6.63. The minimum Gasteiger partial charge on any atom is -0.478 e. The lowest BCUT2D eigenvalue weighted by atomic mass is 9.85. The van der Waals surface area contributed by atoms with Gasteiger partial charge in [-0.2, -0.15) is 0 Å². The van der Waals surface area contributed by atoms with E-state index in [0.717, 1.165) is 4.90 Å². The zero-order chi connectivity index (χ0) is 14.7. The number of fused-ring (bicyclic) bond motifs is 5. The largest absolute Gasteiger partial charge is 0.478 e. The second kappa shape index (κ2) is 4.02. The Morgan fingerprint density at radius 2 is 1.71 bits per heavy atom. The molecule has 0 radical (unpaired) electrons. The van der Waals surface area contributed by atoms with Crippen LogP contribution < -0.4 is 4.90 Å². The van der Waals surface area contributed by atoms with Gasteiger partial charge in [-0.05, 0) is 18.2 Å². The topological polar surface area (TPSA) is 83.9 Å². The van der Waals surface area contributed by atoms with Gasteiger partial charge in [-0.15, -0.1) is 0 Å². The van der Waals surface area contributed by atoms with E-state index in [2.05, 4.69) is 0 Å². The molecule has 1 N–H and O–H groups in total. The second-order valence-corrected chi connectivity index (χ2v) is 5.37. The van der Waals surface area contributed by atoms with Crippen LogP contribution in [0.15, 0.2) is 36.4 Å². The van der Waals surface area contributed by atoms with Crippen LogP contribution in [0.1, 0.15) is 10.4 Å². The first-order chi connectivity index (χ1) is 10.1. The van der Waals surface area contributed by atoms with Crippen LogP contribution in [0, 0.1) is 11.8 Å². The van der Waals surface area contributed by atoms with Gasteiger partial charge in [0, 0.05) is 0 Å². The van der Waals surface area contributed by atoms with Crippen LogP contribution in [0.4, 0.5) is 5.69 Å². The highest BCUT2D eigenvalue weighted by atomic mass is 16.5. The van der Waals surface area contributed by atoms with E-state index in [9.17, 15) is 14.4 Å². The highest BCUT2D eigenvalue weighted by Gasteiger charge is 2.61. The third-order valence-corrected chi connectivity index (χ3v) is 4.26. The molecule has 3 aliphatic heterocycles. The number of hydrogen-bond donors (Lipinski definition) is 1. The van der Waals surface area contributed by atoms with Gasteiger partial charge in [-0.25, -0.2) is 9.69 Å². The molecule has 1 aromatic rings. The van der Waals surface area contributed by atoms with E-state index in [-0.39, 0.29) is 29.6 Å². The minimum atomic E-state index is -1.10. The van der Waals surface area contributed by atoms with Crippen molar-refractivity contribution >= 4 is 23.5 Å². The summed E-state index contributed by atoms with van der Waals surface area (Å²) in [7, 11) is 0. The van der Waals surface area contributed by atoms with Gasteiger partial charge >= 0.3 is 5.97 Å². The summed E-state index contributed by atoms with van der Waals surface area (Å²) >= 11 is 0. The maximum Gasteiger partial charge on any atom is 0.335 e. The van der Waals surface area contributed by atoms with Crippen LogP contribution >= 0.6 is 0 Å². The number of aromatic carboxylic acids is 1. The van der Waals surface area contributed by atoms with Crippen LogP contribution in [0.3, 0.4) is 0 Å². The normalized spacial score (nSPS) is 32.9. The zero-order valence-corrected chi connectivity index (χ0v) is 10.8. The van der Waals surface area contributed by atoms with Crippen molar-refractivity contribution in [2.45, 2.75) is 12.2 Å². The molecule has 0 spiro atoms.